The lowest BCUT2D eigenvalue weighted by Crippen LogP contribution is -2.27. The molecule has 116 valence electrons. The van der Waals surface area contributed by atoms with Gasteiger partial charge in [-0.05, 0) is 37.6 Å². The predicted octanol–water partition coefficient (Wildman–Crippen LogP) is 3.04. The number of hydrogen-bond donors (Lipinski definition) is 0. The van der Waals surface area contributed by atoms with E-state index in [-0.39, 0.29) is 10.6 Å². The first kappa shape index (κ1) is 16.0. The molecule has 0 fully saturated rings. The van der Waals surface area contributed by atoms with E-state index in [1.165, 1.54) is 35.6 Å². The van der Waals surface area contributed by atoms with Crippen LogP contribution in [-0.2, 0) is 10.0 Å². The van der Waals surface area contributed by atoms with E-state index in [2.05, 4.69) is 0 Å². The van der Waals surface area contributed by atoms with Gasteiger partial charge in [-0.25, -0.2) is 8.42 Å². The molecule has 0 aliphatic rings. The second-order valence-corrected chi connectivity index (χ2v) is 6.98. The van der Waals surface area contributed by atoms with E-state index < -0.39 is 14.9 Å². The molecule has 0 radical (unpaired) electrons. The van der Waals surface area contributed by atoms with Crippen LogP contribution in [0.2, 0.25) is 0 Å². The molecule has 0 saturated carbocycles. The molecule has 7 heteroatoms. The number of non-ortho nitro benzene ring substituents is 1. The summed E-state index contributed by atoms with van der Waals surface area (Å²) in [4.78, 5) is 10.1. The van der Waals surface area contributed by atoms with Crippen LogP contribution in [0.15, 0.2) is 47.4 Å². The zero-order valence-electron chi connectivity index (χ0n) is 12.5. The minimum Gasteiger partial charge on any atom is -0.269 e. The fourth-order valence-electron chi connectivity index (χ4n) is 2.19. The monoisotopic (exact) mass is 320 g/mol. The first-order valence-corrected chi connectivity index (χ1v) is 7.98. The quantitative estimate of drug-likeness (QED) is 0.640. The first-order chi connectivity index (χ1) is 10.2. The van der Waals surface area contributed by atoms with Crippen LogP contribution in [0.4, 0.5) is 11.4 Å². The van der Waals surface area contributed by atoms with Gasteiger partial charge in [0.1, 0.15) is 0 Å². The van der Waals surface area contributed by atoms with Crippen molar-refractivity contribution in [2.45, 2.75) is 18.7 Å². The van der Waals surface area contributed by atoms with Gasteiger partial charge in [0.2, 0.25) is 0 Å². The van der Waals surface area contributed by atoms with Gasteiger partial charge in [0, 0.05) is 19.2 Å². The van der Waals surface area contributed by atoms with E-state index in [1.54, 1.807) is 6.07 Å². The standard InChI is InChI=1S/C15H16N2O4S/c1-11-4-9-15(12(2)10-11)16(3)22(20,21)14-7-5-13(6-8-14)17(18)19/h4-10H,1-3H3. The molecule has 0 unspecified atom stereocenters. The van der Waals surface area contributed by atoms with Crippen LogP contribution >= 0.6 is 0 Å². The maximum absolute atomic E-state index is 12.6. The maximum Gasteiger partial charge on any atom is 0.269 e. The van der Waals surface area contributed by atoms with E-state index in [4.69, 9.17) is 0 Å². The molecular formula is C15H16N2O4S. The summed E-state index contributed by atoms with van der Waals surface area (Å²) in [5.41, 5.74) is 2.31. The van der Waals surface area contributed by atoms with E-state index >= 15 is 0 Å². The van der Waals surface area contributed by atoms with Crippen molar-refractivity contribution in [2.75, 3.05) is 11.4 Å². The summed E-state index contributed by atoms with van der Waals surface area (Å²) in [7, 11) is -2.29. The number of nitro groups is 1. The lowest BCUT2D eigenvalue weighted by Gasteiger charge is -2.21. The van der Waals surface area contributed by atoms with E-state index in [9.17, 15) is 18.5 Å². The van der Waals surface area contributed by atoms with Gasteiger partial charge >= 0.3 is 0 Å². The van der Waals surface area contributed by atoms with Crippen molar-refractivity contribution in [2.24, 2.45) is 0 Å². The van der Waals surface area contributed by atoms with Crippen molar-refractivity contribution in [3.63, 3.8) is 0 Å². The Kier molecular flexibility index (Phi) is 4.18. The fourth-order valence-corrected chi connectivity index (χ4v) is 3.45. The highest BCUT2D eigenvalue weighted by molar-refractivity contribution is 7.92. The van der Waals surface area contributed by atoms with E-state index in [0.29, 0.717) is 5.69 Å². The van der Waals surface area contributed by atoms with Crippen LogP contribution in [0.1, 0.15) is 11.1 Å². The number of nitrogens with zero attached hydrogens (tertiary/aromatic N) is 2. The van der Waals surface area contributed by atoms with Crippen molar-refractivity contribution in [3.05, 3.63) is 63.7 Å². The normalized spacial score (nSPS) is 11.2. The molecular weight excluding hydrogens is 304 g/mol. The van der Waals surface area contributed by atoms with E-state index in [0.717, 1.165) is 11.1 Å². The van der Waals surface area contributed by atoms with Crippen LogP contribution in [-0.4, -0.2) is 20.4 Å². The molecule has 22 heavy (non-hydrogen) atoms. The summed E-state index contributed by atoms with van der Waals surface area (Å²) < 4.78 is 26.4. The van der Waals surface area contributed by atoms with Crippen molar-refractivity contribution in [3.8, 4) is 0 Å². The Morgan fingerprint density at radius 3 is 2.14 bits per heavy atom. The van der Waals surface area contributed by atoms with Crippen molar-refractivity contribution in [1.82, 2.24) is 0 Å². The third-order valence-corrected chi connectivity index (χ3v) is 5.18. The van der Waals surface area contributed by atoms with Gasteiger partial charge < -0.3 is 0 Å². The Labute approximate surface area is 129 Å². The molecule has 0 atom stereocenters. The Morgan fingerprint density at radius 1 is 1.05 bits per heavy atom. The van der Waals surface area contributed by atoms with E-state index in [1.807, 2.05) is 26.0 Å². The van der Waals surface area contributed by atoms with Gasteiger partial charge in [-0.2, -0.15) is 0 Å². The molecule has 0 heterocycles. The number of nitro benzene ring substituents is 1. The molecule has 0 spiro atoms. The van der Waals surface area contributed by atoms with Gasteiger partial charge in [0.05, 0.1) is 15.5 Å². The fraction of sp³-hybridized carbons (Fsp3) is 0.200. The van der Waals surface area contributed by atoms with Gasteiger partial charge in [-0.15, -0.1) is 0 Å². The highest BCUT2D eigenvalue weighted by atomic mass is 32.2. The summed E-state index contributed by atoms with van der Waals surface area (Å²) in [6.07, 6.45) is 0. The van der Waals surface area contributed by atoms with Gasteiger partial charge in [-0.3, -0.25) is 14.4 Å². The Balaban J connectivity index is 2.42. The molecule has 0 N–H and O–H groups in total. The average molecular weight is 320 g/mol. The van der Waals surface area contributed by atoms with Crippen LogP contribution in [0, 0.1) is 24.0 Å². The Hall–Kier alpha value is -2.41. The predicted molar refractivity (Wildman–Crippen MR) is 84.6 cm³/mol. The number of hydrogen-bond acceptors (Lipinski definition) is 4. The number of aryl methyl sites for hydroxylation is 2. The molecule has 0 amide bonds. The first-order valence-electron chi connectivity index (χ1n) is 6.54. The number of anilines is 1. The Morgan fingerprint density at radius 2 is 1.64 bits per heavy atom. The van der Waals surface area contributed by atoms with Gasteiger partial charge in [0.15, 0.2) is 0 Å². The maximum atomic E-state index is 12.6. The summed E-state index contributed by atoms with van der Waals surface area (Å²) in [6.45, 7) is 3.77. The largest absolute Gasteiger partial charge is 0.269 e. The summed E-state index contributed by atoms with van der Waals surface area (Å²) in [6, 6.07) is 10.3. The topological polar surface area (TPSA) is 80.5 Å². The minimum absolute atomic E-state index is 0.0144. The molecule has 0 bridgehead atoms. The summed E-state index contributed by atoms with van der Waals surface area (Å²) in [5, 5.41) is 10.6. The van der Waals surface area contributed by atoms with Crippen molar-refractivity contribution in [1.29, 1.82) is 0 Å². The van der Waals surface area contributed by atoms with Crippen LogP contribution in [0.3, 0.4) is 0 Å². The van der Waals surface area contributed by atoms with Crippen LogP contribution in [0.5, 0.6) is 0 Å². The molecule has 2 rings (SSSR count). The molecule has 6 nitrogen and oxygen atoms in total. The third kappa shape index (κ3) is 2.94. The highest BCUT2D eigenvalue weighted by Crippen LogP contribution is 2.26. The highest BCUT2D eigenvalue weighted by Gasteiger charge is 2.23. The molecule has 0 aliphatic heterocycles. The zero-order valence-corrected chi connectivity index (χ0v) is 13.3. The molecule has 0 aliphatic carbocycles. The molecule has 2 aromatic carbocycles. The minimum atomic E-state index is -3.76. The second-order valence-electron chi connectivity index (χ2n) is 5.01. The van der Waals surface area contributed by atoms with Gasteiger partial charge in [-0.1, -0.05) is 17.7 Å². The Bertz CT molecular complexity index is 814. The molecule has 0 aromatic heterocycles. The average Bonchev–Trinajstić information content (AvgIpc) is 2.46. The lowest BCUT2D eigenvalue weighted by atomic mass is 10.1. The number of benzene rings is 2. The van der Waals surface area contributed by atoms with Crippen LogP contribution in [0.25, 0.3) is 0 Å². The summed E-state index contributed by atoms with van der Waals surface area (Å²) >= 11 is 0. The smallest absolute Gasteiger partial charge is 0.269 e. The van der Waals surface area contributed by atoms with Gasteiger partial charge in [0.25, 0.3) is 15.7 Å². The third-order valence-electron chi connectivity index (χ3n) is 3.40. The number of sulfonamides is 1. The van der Waals surface area contributed by atoms with Crippen molar-refractivity contribution >= 4 is 21.4 Å². The summed E-state index contributed by atoms with van der Waals surface area (Å²) in [5.74, 6) is 0. The number of rotatable bonds is 4. The van der Waals surface area contributed by atoms with Crippen molar-refractivity contribution < 1.29 is 13.3 Å². The second kappa shape index (κ2) is 5.76. The lowest BCUT2D eigenvalue weighted by molar-refractivity contribution is -0.384. The SMILES string of the molecule is Cc1ccc(N(C)S(=O)(=O)c2ccc([N+](=O)[O-])cc2)c(C)c1. The van der Waals surface area contributed by atoms with Crippen LogP contribution < -0.4 is 4.31 Å². The zero-order chi connectivity index (χ0) is 16.5. The molecule has 2 aromatic rings. The molecule has 0 saturated heterocycles.